The number of carbonyl (C=O) groups is 2. The van der Waals surface area contributed by atoms with Gasteiger partial charge in [0.15, 0.2) is 0 Å². The van der Waals surface area contributed by atoms with Crippen molar-refractivity contribution in [3.8, 4) is 5.88 Å². The summed E-state index contributed by atoms with van der Waals surface area (Å²) in [6, 6.07) is 6.24. The van der Waals surface area contributed by atoms with E-state index < -0.39 is 6.04 Å². The molecule has 1 atom stereocenters. The molecule has 0 aliphatic heterocycles. The minimum atomic E-state index is -0.633. The molecule has 2 amide bonds. The van der Waals surface area contributed by atoms with Gasteiger partial charge in [-0.25, -0.2) is 4.98 Å². The zero-order chi connectivity index (χ0) is 16.8. The van der Waals surface area contributed by atoms with Crippen LogP contribution >= 0.6 is 11.3 Å². The highest BCUT2D eigenvalue weighted by atomic mass is 32.1. The van der Waals surface area contributed by atoms with Gasteiger partial charge in [0.2, 0.25) is 11.8 Å². The number of aromatic nitrogens is 1. The van der Waals surface area contributed by atoms with Crippen LogP contribution in [0.25, 0.3) is 0 Å². The van der Waals surface area contributed by atoms with Crippen LogP contribution in [-0.2, 0) is 4.79 Å². The lowest BCUT2D eigenvalue weighted by Crippen LogP contribution is -2.46. The number of thiophene rings is 1. The summed E-state index contributed by atoms with van der Waals surface area (Å²) >= 11 is 1.34. The monoisotopic (exact) mass is 333 g/mol. The van der Waals surface area contributed by atoms with E-state index in [1.807, 2.05) is 19.2 Å². The van der Waals surface area contributed by atoms with E-state index >= 15 is 0 Å². The van der Waals surface area contributed by atoms with Crippen molar-refractivity contribution in [3.05, 3.63) is 40.7 Å². The van der Waals surface area contributed by atoms with Crippen LogP contribution in [0, 0.1) is 5.92 Å². The standard InChI is InChI=1S/C16H19N3O3S/c1-10(2)14(19-15(20)12-5-4-8-23-12)16(21)18-11-6-7-13(22-3)17-9-11/h4-10,14H,1-3H3,(H,18,21)(H,19,20)/t14-/m1/s1. The van der Waals surface area contributed by atoms with Gasteiger partial charge >= 0.3 is 0 Å². The highest BCUT2D eigenvalue weighted by Crippen LogP contribution is 2.14. The Kier molecular flexibility index (Phi) is 5.70. The van der Waals surface area contributed by atoms with E-state index in [0.717, 1.165) is 0 Å². The van der Waals surface area contributed by atoms with Crippen molar-refractivity contribution in [1.82, 2.24) is 10.3 Å². The van der Waals surface area contributed by atoms with Gasteiger partial charge in [-0.15, -0.1) is 11.3 Å². The number of amides is 2. The predicted molar refractivity (Wildman–Crippen MR) is 89.8 cm³/mol. The molecule has 0 saturated heterocycles. The maximum absolute atomic E-state index is 12.4. The van der Waals surface area contributed by atoms with Gasteiger partial charge in [-0.3, -0.25) is 9.59 Å². The summed E-state index contributed by atoms with van der Waals surface area (Å²) in [4.78, 5) is 29.2. The second-order valence-electron chi connectivity index (χ2n) is 5.25. The Morgan fingerprint density at radius 1 is 1.26 bits per heavy atom. The van der Waals surface area contributed by atoms with E-state index in [2.05, 4.69) is 15.6 Å². The number of anilines is 1. The first-order valence-electron chi connectivity index (χ1n) is 7.16. The Bertz CT molecular complexity index is 654. The summed E-state index contributed by atoms with van der Waals surface area (Å²) in [6.45, 7) is 3.76. The van der Waals surface area contributed by atoms with Crippen LogP contribution in [0.1, 0.15) is 23.5 Å². The fourth-order valence-corrected chi connectivity index (χ4v) is 2.58. The van der Waals surface area contributed by atoms with Crippen molar-refractivity contribution in [3.63, 3.8) is 0 Å². The molecule has 23 heavy (non-hydrogen) atoms. The van der Waals surface area contributed by atoms with Crippen LogP contribution < -0.4 is 15.4 Å². The molecule has 0 radical (unpaired) electrons. The Morgan fingerprint density at radius 2 is 2.04 bits per heavy atom. The number of pyridine rings is 1. The van der Waals surface area contributed by atoms with Crippen LogP contribution in [0.4, 0.5) is 5.69 Å². The molecule has 0 aromatic carbocycles. The smallest absolute Gasteiger partial charge is 0.262 e. The van der Waals surface area contributed by atoms with Crippen LogP contribution in [-0.4, -0.2) is 29.9 Å². The predicted octanol–water partition coefficient (Wildman–Crippen LogP) is 2.54. The zero-order valence-corrected chi connectivity index (χ0v) is 14.0. The molecule has 2 aromatic heterocycles. The number of carbonyl (C=O) groups excluding carboxylic acids is 2. The Balaban J connectivity index is 2.04. The second-order valence-corrected chi connectivity index (χ2v) is 6.20. The van der Waals surface area contributed by atoms with Crippen LogP contribution in [0.2, 0.25) is 0 Å². The molecular weight excluding hydrogens is 314 g/mol. The minimum absolute atomic E-state index is 0.0508. The summed E-state index contributed by atoms with van der Waals surface area (Å²) in [5.41, 5.74) is 0.548. The lowest BCUT2D eigenvalue weighted by molar-refractivity contribution is -0.118. The first kappa shape index (κ1) is 17.0. The number of rotatable bonds is 6. The molecule has 2 aromatic rings. The van der Waals surface area contributed by atoms with Gasteiger partial charge in [0.05, 0.1) is 23.9 Å². The third-order valence-corrected chi connectivity index (χ3v) is 4.06. The quantitative estimate of drug-likeness (QED) is 0.851. The van der Waals surface area contributed by atoms with Gasteiger partial charge < -0.3 is 15.4 Å². The summed E-state index contributed by atoms with van der Waals surface area (Å²) in [6.07, 6.45) is 1.51. The first-order valence-corrected chi connectivity index (χ1v) is 8.04. The number of ether oxygens (including phenoxy) is 1. The molecule has 0 saturated carbocycles. The molecule has 0 unspecified atom stereocenters. The molecule has 122 valence electrons. The van der Waals surface area contributed by atoms with Gasteiger partial charge in [-0.2, -0.15) is 0 Å². The fourth-order valence-electron chi connectivity index (χ4n) is 1.95. The zero-order valence-electron chi connectivity index (χ0n) is 13.2. The molecule has 6 nitrogen and oxygen atoms in total. The van der Waals surface area contributed by atoms with Crippen molar-refractivity contribution < 1.29 is 14.3 Å². The molecule has 2 rings (SSSR count). The van der Waals surface area contributed by atoms with Crippen LogP contribution in [0.15, 0.2) is 35.8 Å². The molecule has 2 heterocycles. The van der Waals surface area contributed by atoms with Crippen molar-refractivity contribution in [1.29, 1.82) is 0 Å². The molecule has 2 N–H and O–H groups in total. The summed E-state index contributed by atoms with van der Waals surface area (Å²) in [7, 11) is 1.52. The van der Waals surface area contributed by atoms with E-state index in [0.29, 0.717) is 16.4 Å². The molecule has 0 spiro atoms. The third-order valence-electron chi connectivity index (χ3n) is 3.19. The van der Waals surface area contributed by atoms with Crippen molar-refractivity contribution in [2.24, 2.45) is 5.92 Å². The first-order chi connectivity index (χ1) is 11.0. The van der Waals surface area contributed by atoms with E-state index in [4.69, 9.17) is 4.74 Å². The normalized spacial score (nSPS) is 11.8. The summed E-state index contributed by atoms with van der Waals surface area (Å²) in [5, 5.41) is 7.35. The largest absolute Gasteiger partial charge is 0.481 e. The van der Waals surface area contributed by atoms with Gasteiger partial charge in [0, 0.05) is 6.07 Å². The topological polar surface area (TPSA) is 80.3 Å². The molecular formula is C16H19N3O3S. The summed E-state index contributed by atoms with van der Waals surface area (Å²) in [5.74, 6) is -0.113. The van der Waals surface area contributed by atoms with Crippen LogP contribution in [0.5, 0.6) is 5.88 Å². The number of nitrogens with zero attached hydrogens (tertiary/aromatic N) is 1. The molecule has 0 fully saturated rings. The lowest BCUT2D eigenvalue weighted by atomic mass is 10.0. The van der Waals surface area contributed by atoms with Crippen LogP contribution in [0.3, 0.4) is 0 Å². The highest BCUT2D eigenvalue weighted by Gasteiger charge is 2.25. The Hall–Kier alpha value is -2.41. The fraction of sp³-hybridized carbons (Fsp3) is 0.312. The minimum Gasteiger partial charge on any atom is -0.481 e. The van der Waals surface area contributed by atoms with E-state index in [1.165, 1.54) is 24.6 Å². The van der Waals surface area contributed by atoms with Gasteiger partial charge in [-0.1, -0.05) is 19.9 Å². The maximum Gasteiger partial charge on any atom is 0.262 e. The molecule has 7 heteroatoms. The summed E-state index contributed by atoms with van der Waals surface area (Å²) < 4.78 is 4.97. The molecule has 0 aliphatic rings. The lowest BCUT2D eigenvalue weighted by Gasteiger charge is -2.21. The third kappa shape index (κ3) is 4.53. The molecule has 0 aliphatic carbocycles. The van der Waals surface area contributed by atoms with Gasteiger partial charge in [0.1, 0.15) is 6.04 Å². The SMILES string of the molecule is COc1ccc(NC(=O)[C@H](NC(=O)c2cccs2)C(C)C)cn1. The Labute approximate surface area is 138 Å². The molecule has 0 bridgehead atoms. The van der Waals surface area contributed by atoms with Gasteiger partial charge in [-0.05, 0) is 23.4 Å². The van der Waals surface area contributed by atoms with Gasteiger partial charge in [0.25, 0.3) is 5.91 Å². The maximum atomic E-state index is 12.4. The van der Waals surface area contributed by atoms with Crippen molar-refractivity contribution in [2.45, 2.75) is 19.9 Å². The average molecular weight is 333 g/mol. The van der Waals surface area contributed by atoms with E-state index in [-0.39, 0.29) is 17.7 Å². The number of methoxy groups -OCH3 is 1. The second kappa shape index (κ2) is 7.73. The number of hydrogen-bond donors (Lipinski definition) is 2. The number of nitrogens with one attached hydrogen (secondary N) is 2. The van der Waals surface area contributed by atoms with Crippen molar-refractivity contribution >= 4 is 28.8 Å². The average Bonchev–Trinajstić information content (AvgIpc) is 3.07. The van der Waals surface area contributed by atoms with E-state index in [1.54, 1.807) is 24.3 Å². The highest BCUT2D eigenvalue weighted by molar-refractivity contribution is 7.12. The Morgan fingerprint density at radius 3 is 2.57 bits per heavy atom. The van der Waals surface area contributed by atoms with E-state index in [9.17, 15) is 9.59 Å². The van der Waals surface area contributed by atoms with Crippen molar-refractivity contribution in [2.75, 3.05) is 12.4 Å². The number of hydrogen-bond acceptors (Lipinski definition) is 5.